The van der Waals surface area contributed by atoms with Gasteiger partial charge in [-0.15, -0.1) is 0 Å². The fourth-order valence-electron chi connectivity index (χ4n) is 0.941. The summed E-state index contributed by atoms with van der Waals surface area (Å²) >= 11 is 0. The molecule has 1 fully saturated rings. The zero-order valence-corrected chi connectivity index (χ0v) is 9.87. The van der Waals surface area contributed by atoms with Gasteiger partial charge in [-0.05, 0) is 41.5 Å². The lowest BCUT2D eigenvalue weighted by molar-refractivity contribution is -0.197. The summed E-state index contributed by atoms with van der Waals surface area (Å²) in [5.41, 5.74) is -0.359. The third-order valence-electron chi connectivity index (χ3n) is 1.21. The third kappa shape index (κ3) is 4.46. The Kier molecular flexibility index (Phi) is 3.31. The van der Waals surface area contributed by atoms with E-state index in [1.54, 1.807) is 24.9 Å². The summed E-state index contributed by atoms with van der Waals surface area (Å²) in [6.45, 7) is 12.0. The summed E-state index contributed by atoms with van der Waals surface area (Å²) in [6.07, 6.45) is 0. The lowest BCUT2D eigenvalue weighted by Gasteiger charge is -2.75. The van der Waals surface area contributed by atoms with Crippen LogP contribution in [0.2, 0.25) is 0 Å². The third-order valence-corrected chi connectivity index (χ3v) is 1.21. The maximum Gasteiger partial charge on any atom is 0.0724 e. The molecule has 0 N–H and O–H groups in total. The van der Waals surface area contributed by atoms with E-state index < -0.39 is 0 Å². The van der Waals surface area contributed by atoms with Crippen molar-refractivity contribution in [3.05, 3.63) is 0 Å². The Hall–Kier alpha value is -0.0301. The average molecular weight is 196 g/mol. The fourth-order valence-corrected chi connectivity index (χ4v) is 0.941. The Morgan fingerprint density at radius 3 is 1.21 bits per heavy atom. The van der Waals surface area contributed by atoms with Gasteiger partial charge >= 0.3 is 0 Å². The molecular weight excluding hydrogens is 178 g/mol. The van der Waals surface area contributed by atoms with Crippen molar-refractivity contribution in [2.75, 3.05) is 0 Å². The van der Waals surface area contributed by atoms with Crippen molar-refractivity contribution >= 4 is 15.1 Å². The molecule has 0 spiro atoms. The van der Waals surface area contributed by atoms with Gasteiger partial charge in [0.05, 0.1) is 11.2 Å². The molecule has 0 aromatic rings. The Morgan fingerprint density at radius 1 is 0.714 bits per heavy atom. The highest BCUT2D eigenvalue weighted by Crippen LogP contribution is 2.17. The molecule has 0 aliphatic carbocycles. The van der Waals surface area contributed by atoms with Crippen molar-refractivity contribution in [2.24, 2.45) is 0 Å². The minimum absolute atomic E-state index is 0.180. The summed E-state index contributed by atoms with van der Waals surface area (Å²) in [7, 11) is 3.52. The molecule has 1 rings (SSSR count). The summed E-state index contributed by atoms with van der Waals surface area (Å²) in [6, 6.07) is 0. The van der Waals surface area contributed by atoms with Crippen LogP contribution >= 0.6 is 0 Å². The molecule has 4 nitrogen and oxygen atoms in total. The molecule has 0 bridgehead atoms. The van der Waals surface area contributed by atoms with Crippen LogP contribution in [0.5, 0.6) is 0 Å². The largest absolute Gasteiger partial charge is 0.612 e. The van der Waals surface area contributed by atoms with Crippen LogP contribution in [0, 0.1) is 0 Å². The average Bonchev–Trinajstić information content (AvgIpc) is 1.75. The van der Waals surface area contributed by atoms with Crippen molar-refractivity contribution in [3.63, 3.8) is 0 Å². The number of hydrogen-bond acceptors (Lipinski definition) is 4. The van der Waals surface area contributed by atoms with Gasteiger partial charge in [0.25, 0.3) is 0 Å². The monoisotopic (exact) mass is 196 g/mol. The van der Waals surface area contributed by atoms with Gasteiger partial charge in [-0.1, -0.05) is 0 Å². The van der Waals surface area contributed by atoms with Gasteiger partial charge in [-0.25, -0.2) is 15.1 Å². The van der Waals surface area contributed by atoms with E-state index in [1.807, 2.05) is 41.5 Å². The standard InChI is InChI=1S/C8H18B2N2O2/c1-7(2,3)13-11-9-12(10-11)14-8(4,5)6/h1-6H3/q-2. The van der Waals surface area contributed by atoms with E-state index >= 15 is 0 Å². The van der Waals surface area contributed by atoms with Gasteiger partial charge in [0.15, 0.2) is 0 Å². The summed E-state index contributed by atoms with van der Waals surface area (Å²) in [5, 5.41) is 0. The first kappa shape index (κ1) is 12.0. The van der Waals surface area contributed by atoms with E-state index in [1.165, 1.54) is 0 Å². The molecule has 0 saturated carbocycles. The second kappa shape index (κ2) is 3.85. The van der Waals surface area contributed by atoms with Gasteiger partial charge < -0.3 is 19.4 Å². The molecular formula is C8H18B2N2O2-2. The Bertz CT molecular complexity index is 174. The Balaban J connectivity index is 2.18. The Labute approximate surface area is 88.0 Å². The smallest absolute Gasteiger partial charge is 0.0724 e. The predicted octanol–water partition coefficient (Wildman–Crippen LogP) is 1.13. The van der Waals surface area contributed by atoms with Gasteiger partial charge in [0.1, 0.15) is 0 Å². The van der Waals surface area contributed by atoms with Gasteiger partial charge in [0, 0.05) is 0 Å². The maximum absolute atomic E-state index is 5.52. The molecule has 0 atom stereocenters. The molecule has 0 aromatic carbocycles. The zero-order valence-electron chi connectivity index (χ0n) is 9.87. The first-order valence-electron chi connectivity index (χ1n) is 4.81. The van der Waals surface area contributed by atoms with Crippen LogP contribution in [-0.4, -0.2) is 36.1 Å². The highest BCUT2D eigenvalue weighted by molar-refractivity contribution is 6.63. The second-order valence-electron chi connectivity index (χ2n) is 5.36. The summed E-state index contributed by atoms with van der Waals surface area (Å²) in [4.78, 5) is 14.3. The van der Waals surface area contributed by atoms with Crippen LogP contribution in [0.1, 0.15) is 41.5 Å². The van der Waals surface area contributed by atoms with Gasteiger partial charge in [-0.2, -0.15) is 0 Å². The van der Waals surface area contributed by atoms with Crippen LogP contribution in [0.4, 0.5) is 0 Å². The van der Waals surface area contributed by atoms with Crippen LogP contribution in [0.3, 0.4) is 0 Å². The molecule has 4 radical (unpaired) electrons. The van der Waals surface area contributed by atoms with E-state index in [9.17, 15) is 0 Å². The van der Waals surface area contributed by atoms with Crippen molar-refractivity contribution in [2.45, 2.75) is 52.7 Å². The van der Waals surface area contributed by atoms with Crippen LogP contribution in [0.25, 0.3) is 0 Å². The lowest BCUT2D eigenvalue weighted by Crippen LogP contribution is -2.64. The number of nitrogens with zero attached hydrogens (tertiary/aromatic N) is 2. The van der Waals surface area contributed by atoms with Crippen molar-refractivity contribution in [3.8, 4) is 0 Å². The molecule has 0 unspecified atom stereocenters. The Morgan fingerprint density at radius 2 is 1.00 bits per heavy atom. The molecule has 1 aliphatic heterocycles. The second-order valence-corrected chi connectivity index (χ2v) is 5.36. The number of hydrogen-bond donors (Lipinski definition) is 0. The van der Waals surface area contributed by atoms with E-state index in [0.29, 0.717) is 0 Å². The first-order valence-corrected chi connectivity index (χ1v) is 4.81. The molecule has 80 valence electrons. The molecule has 1 saturated heterocycles. The molecule has 0 aromatic heterocycles. The fraction of sp³-hybridized carbons (Fsp3) is 1.00. The molecule has 1 heterocycles. The van der Waals surface area contributed by atoms with E-state index in [4.69, 9.17) is 9.68 Å². The zero-order chi connectivity index (χ0) is 11.0. The first-order chi connectivity index (χ1) is 6.16. The molecule has 6 heteroatoms. The van der Waals surface area contributed by atoms with Gasteiger partial charge in [-0.3, -0.25) is 0 Å². The highest BCUT2D eigenvalue weighted by Gasteiger charge is 2.13. The molecule has 1 aliphatic rings. The maximum atomic E-state index is 5.52. The minimum atomic E-state index is -0.180. The molecule has 14 heavy (non-hydrogen) atoms. The van der Waals surface area contributed by atoms with Crippen molar-refractivity contribution in [1.82, 2.24) is 9.77 Å². The predicted molar refractivity (Wildman–Crippen MR) is 56.9 cm³/mol. The van der Waals surface area contributed by atoms with E-state index in [2.05, 4.69) is 0 Å². The highest BCUT2D eigenvalue weighted by atomic mass is 16.7. The van der Waals surface area contributed by atoms with Crippen molar-refractivity contribution in [1.29, 1.82) is 0 Å². The minimum Gasteiger partial charge on any atom is -0.612 e. The summed E-state index contributed by atoms with van der Waals surface area (Å²) < 4.78 is 0. The van der Waals surface area contributed by atoms with Crippen LogP contribution in [0.15, 0.2) is 0 Å². The summed E-state index contributed by atoms with van der Waals surface area (Å²) in [5.74, 6) is 0. The van der Waals surface area contributed by atoms with Crippen LogP contribution in [-0.2, 0) is 9.68 Å². The van der Waals surface area contributed by atoms with E-state index in [0.717, 1.165) is 0 Å². The topological polar surface area (TPSA) is 24.9 Å². The van der Waals surface area contributed by atoms with Crippen LogP contribution < -0.4 is 0 Å². The van der Waals surface area contributed by atoms with E-state index in [-0.39, 0.29) is 11.2 Å². The normalized spacial score (nSPS) is 21.0. The van der Waals surface area contributed by atoms with Gasteiger partial charge in [0.2, 0.25) is 0 Å². The lowest BCUT2D eigenvalue weighted by atomic mass is 9.81. The molecule has 0 amide bonds. The van der Waals surface area contributed by atoms with Crippen molar-refractivity contribution < 1.29 is 9.68 Å². The number of rotatable bonds is 2. The SMILES string of the molecule is CC(C)(C)ON1[B-]N(OC(C)(C)C)[B-]1. The quantitative estimate of drug-likeness (QED) is 0.618.